The SMILES string of the molecule is CC1(C)CN(CC2CC(O)C2)c2ccc(Br)cc2O1. The Morgan fingerprint density at radius 3 is 2.84 bits per heavy atom. The fourth-order valence-electron chi connectivity index (χ4n) is 3.03. The lowest BCUT2D eigenvalue weighted by Crippen LogP contribution is -2.50. The highest BCUT2D eigenvalue weighted by atomic mass is 79.9. The molecule has 19 heavy (non-hydrogen) atoms. The number of fused-ring (bicyclic) bond motifs is 1. The molecule has 2 aliphatic rings. The second-order valence-corrected chi connectivity index (χ2v) is 7.26. The van der Waals surface area contributed by atoms with Crippen LogP contribution < -0.4 is 9.64 Å². The van der Waals surface area contributed by atoms with E-state index in [2.05, 4.69) is 46.8 Å². The first kappa shape index (κ1) is 13.3. The van der Waals surface area contributed by atoms with E-state index in [0.717, 1.165) is 36.2 Å². The third kappa shape index (κ3) is 2.75. The lowest BCUT2D eigenvalue weighted by molar-refractivity contribution is 0.0418. The number of rotatable bonds is 2. The number of hydrogen-bond donors (Lipinski definition) is 1. The lowest BCUT2D eigenvalue weighted by atomic mass is 9.82. The average molecular weight is 326 g/mol. The molecule has 0 saturated heterocycles. The molecule has 1 heterocycles. The van der Waals surface area contributed by atoms with E-state index in [-0.39, 0.29) is 11.7 Å². The van der Waals surface area contributed by atoms with Crippen LogP contribution in [-0.2, 0) is 0 Å². The van der Waals surface area contributed by atoms with E-state index in [1.165, 1.54) is 5.69 Å². The number of hydrogen-bond acceptors (Lipinski definition) is 3. The van der Waals surface area contributed by atoms with Gasteiger partial charge in [0.2, 0.25) is 0 Å². The topological polar surface area (TPSA) is 32.7 Å². The molecular weight excluding hydrogens is 306 g/mol. The first-order chi connectivity index (χ1) is 8.93. The Labute approximate surface area is 122 Å². The minimum Gasteiger partial charge on any atom is -0.484 e. The summed E-state index contributed by atoms with van der Waals surface area (Å²) >= 11 is 3.50. The molecule has 1 aliphatic carbocycles. The molecule has 3 rings (SSSR count). The van der Waals surface area contributed by atoms with Gasteiger partial charge in [-0.1, -0.05) is 15.9 Å². The molecule has 0 spiro atoms. The van der Waals surface area contributed by atoms with Gasteiger partial charge in [0.25, 0.3) is 0 Å². The molecule has 1 saturated carbocycles. The summed E-state index contributed by atoms with van der Waals surface area (Å²) in [6.07, 6.45) is 1.79. The monoisotopic (exact) mass is 325 g/mol. The zero-order valence-electron chi connectivity index (χ0n) is 11.4. The minimum atomic E-state index is -0.170. The van der Waals surface area contributed by atoms with Gasteiger partial charge in [0.05, 0.1) is 18.3 Å². The second kappa shape index (κ2) is 4.67. The number of halogens is 1. The average Bonchev–Trinajstić information content (AvgIpc) is 2.24. The maximum absolute atomic E-state index is 9.43. The van der Waals surface area contributed by atoms with Crippen molar-refractivity contribution in [2.75, 3.05) is 18.0 Å². The molecule has 0 atom stereocenters. The van der Waals surface area contributed by atoms with Crippen molar-refractivity contribution in [1.82, 2.24) is 0 Å². The van der Waals surface area contributed by atoms with Crippen molar-refractivity contribution in [3.8, 4) is 5.75 Å². The number of anilines is 1. The largest absolute Gasteiger partial charge is 0.484 e. The molecule has 1 aliphatic heterocycles. The molecule has 1 aromatic rings. The minimum absolute atomic E-state index is 0.0801. The third-order valence-corrected chi connectivity index (χ3v) is 4.40. The molecule has 1 fully saturated rings. The molecular formula is C15H20BrNO2. The van der Waals surface area contributed by atoms with E-state index in [4.69, 9.17) is 4.74 Å². The molecule has 1 aromatic carbocycles. The number of nitrogens with zero attached hydrogens (tertiary/aromatic N) is 1. The van der Waals surface area contributed by atoms with Crippen LogP contribution in [-0.4, -0.2) is 29.9 Å². The van der Waals surface area contributed by atoms with Gasteiger partial charge in [0.15, 0.2) is 0 Å². The Balaban J connectivity index is 1.83. The van der Waals surface area contributed by atoms with Gasteiger partial charge in [-0.3, -0.25) is 0 Å². The van der Waals surface area contributed by atoms with Crippen molar-refractivity contribution in [2.24, 2.45) is 5.92 Å². The summed E-state index contributed by atoms with van der Waals surface area (Å²) in [5.74, 6) is 1.56. The number of benzene rings is 1. The summed E-state index contributed by atoms with van der Waals surface area (Å²) in [7, 11) is 0. The van der Waals surface area contributed by atoms with Gasteiger partial charge in [-0.15, -0.1) is 0 Å². The van der Waals surface area contributed by atoms with Crippen LogP contribution in [0.2, 0.25) is 0 Å². The smallest absolute Gasteiger partial charge is 0.144 e. The quantitative estimate of drug-likeness (QED) is 0.906. The Bertz CT molecular complexity index is 483. The number of ether oxygens (including phenoxy) is 1. The van der Waals surface area contributed by atoms with Crippen molar-refractivity contribution >= 4 is 21.6 Å². The molecule has 0 aromatic heterocycles. The Kier molecular flexibility index (Phi) is 3.26. The van der Waals surface area contributed by atoms with Gasteiger partial charge in [-0.05, 0) is 50.8 Å². The van der Waals surface area contributed by atoms with Crippen molar-refractivity contribution in [3.63, 3.8) is 0 Å². The van der Waals surface area contributed by atoms with Crippen LogP contribution in [0.5, 0.6) is 5.75 Å². The lowest BCUT2D eigenvalue weighted by Gasteiger charge is -2.44. The Hall–Kier alpha value is -0.740. The van der Waals surface area contributed by atoms with Crippen LogP contribution in [0.4, 0.5) is 5.69 Å². The molecule has 104 valence electrons. The molecule has 0 amide bonds. The van der Waals surface area contributed by atoms with Gasteiger partial charge in [0.1, 0.15) is 11.4 Å². The van der Waals surface area contributed by atoms with Crippen LogP contribution in [0.25, 0.3) is 0 Å². The van der Waals surface area contributed by atoms with Crippen LogP contribution in [0.3, 0.4) is 0 Å². The van der Waals surface area contributed by atoms with E-state index >= 15 is 0 Å². The maximum atomic E-state index is 9.43. The maximum Gasteiger partial charge on any atom is 0.144 e. The summed E-state index contributed by atoms with van der Waals surface area (Å²) < 4.78 is 7.11. The highest BCUT2D eigenvalue weighted by Crippen LogP contribution is 2.40. The van der Waals surface area contributed by atoms with Gasteiger partial charge in [-0.2, -0.15) is 0 Å². The van der Waals surface area contributed by atoms with E-state index in [1.807, 2.05) is 6.07 Å². The summed E-state index contributed by atoms with van der Waals surface area (Å²) in [6.45, 7) is 6.16. The number of aliphatic hydroxyl groups excluding tert-OH is 1. The molecule has 4 heteroatoms. The van der Waals surface area contributed by atoms with Crippen molar-refractivity contribution in [3.05, 3.63) is 22.7 Å². The van der Waals surface area contributed by atoms with Crippen molar-refractivity contribution in [2.45, 2.75) is 38.4 Å². The fourth-order valence-corrected chi connectivity index (χ4v) is 3.37. The standard InChI is InChI=1S/C15H20BrNO2/c1-15(2)9-17(8-10-5-12(18)6-10)13-4-3-11(16)7-14(13)19-15/h3-4,7,10,12,18H,5-6,8-9H2,1-2H3. The van der Waals surface area contributed by atoms with Crippen LogP contribution >= 0.6 is 15.9 Å². The van der Waals surface area contributed by atoms with E-state index in [0.29, 0.717) is 5.92 Å². The first-order valence-electron chi connectivity index (χ1n) is 6.84. The van der Waals surface area contributed by atoms with Crippen molar-refractivity contribution < 1.29 is 9.84 Å². The molecule has 1 N–H and O–H groups in total. The zero-order chi connectivity index (χ0) is 13.6. The highest BCUT2D eigenvalue weighted by Gasteiger charge is 2.35. The zero-order valence-corrected chi connectivity index (χ0v) is 13.0. The Morgan fingerprint density at radius 2 is 2.16 bits per heavy atom. The summed E-state index contributed by atoms with van der Waals surface area (Å²) in [6, 6.07) is 6.21. The second-order valence-electron chi connectivity index (χ2n) is 6.35. The van der Waals surface area contributed by atoms with Crippen LogP contribution in [0.15, 0.2) is 22.7 Å². The summed E-state index contributed by atoms with van der Waals surface area (Å²) in [5, 5.41) is 9.43. The summed E-state index contributed by atoms with van der Waals surface area (Å²) in [4.78, 5) is 2.40. The predicted octanol–water partition coefficient (Wildman–Crippen LogP) is 3.20. The molecule has 0 unspecified atom stereocenters. The first-order valence-corrected chi connectivity index (χ1v) is 7.64. The Morgan fingerprint density at radius 1 is 1.42 bits per heavy atom. The van der Waals surface area contributed by atoms with Crippen LogP contribution in [0, 0.1) is 5.92 Å². The fraction of sp³-hybridized carbons (Fsp3) is 0.600. The van der Waals surface area contributed by atoms with Crippen LogP contribution in [0.1, 0.15) is 26.7 Å². The molecule has 0 radical (unpaired) electrons. The normalized spacial score (nSPS) is 28.3. The third-order valence-electron chi connectivity index (χ3n) is 3.91. The van der Waals surface area contributed by atoms with Gasteiger partial charge in [0, 0.05) is 11.0 Å². The van der Waals surface area contributed by atoms with Gasteiger partial charge < -0.3 is 14.7 Å². The summed E-state index contributed by atoms with van der Waals surface area (Å²) in [5.41, 5.74) is 1.000. The van der Waals surface area contributed by atoms with E-state index < -0.39 is 0 Å². The van der Waals surface area contributed by atoms with E-state index in [1.54, 1.807) is 0 Å². The molecule has 3 nitrogen and oxygen atoms in total. The number of aliphatic hydroxyl groups is 1. The molecule has 0 bridgehead atoms. The van der Waals surface area contributed by atoms with Gasteiger partial charge >= 0.3 is 0 Å². The highest BCUT2D eigenvalue weighted by molar-refractivity contribution is 9.10. The van der Waals surface area contributed by atoms with E-state index in [9.17, 15) is 5.11 Å². The predicted molar refractivity (Wildman–Crippen MR) is 79.8 cm³/mol. The van der Waals surface area contributed by atoms with Gasteiger partial charge in [-0.25, -0.2) is 0 Å². The van der Waals surface area contributed by atoms with Crippen molar-refractivity contribution in [1.29, 1.82) is 0 Å².